The monoisotopic (exact) mass is 212 g/mol. The highest BCUT2D eigenvalue weighted by molar-refractivity contribution is 7.80. The van der Waals surface area contributed by atoms with Crippen LogP contribution in [0.25, 0.3) is 0 Å². The average Bonchev–Trinajstić information content (AvgIpc) is 2.18. The van der Waals surface area contributed by atoms with Crippen LogP contribution in [0.15, 0.2) is 18.2 Å². The Hall–Kier alpha value is -0.670. The number of hydrogen-bond donors (Lipinski definition) is 2. The predicted octanol–water partition coefficient (Wildman–Crippen LogP) is 2.36. The molecule has 2 nitrogen and oxygen atoms in total. The molecule has 0 fully saturated rings. The zero-order chi connectivity index (χ0) is 10.6. The zero-order valence-corrected chi connectivity index (χ0v) is 9.42. The van der Waals surface area contributed by atoms with E-state index in [-0.39, 0.29) is 0 Å². The highest BCUT2D eigenvalue weighted by Crippen LogP contribution is 2.28. The topological polar surface area (TPSA) is 29.5 Å². The van der Waals surface area contributed by atoms with Crippen LogP contribution in [0.3, 0.4) is 0 Å². The number of aryl methyl sites for hydroxylation is 1. The minimum Gasteiger partial charge on any atom is -0.496 e. The third kappa shape index (κ3) is 2.66. The summed E-state index contributed by atoms with van der Waals surface area (Å²) in [6, 6.07) is 5.80. The van der Waals surface area contributed by atoms with Gasteiger partial charge in [0.05, 0.1) is 13.2 Å². The van der Waals surface area contributed by atoms with E-state index >= 15 is 0 Å². The Kier molecular flexibility index (Phi) is 4.29. The number of benzene rings is 1. The summed E-state index contributed by atoms with van der Waals surface area (Å²) in [5, 5.41) is 9.83. The second kappa shape index (κ2) is 5.27. The Morgan fingerprint density at radius 3 is 2.79 bits per heavy atom. The van der Waals surface area contributed by atoms with Crippen molar-refractivity contribution in [3.63, 3.8) is 0 Å². The van der Waals surface area contributed by atoms with Crippen molar-refractivity contribution in [2.75, 3.05) is 12.9 Å². The molecule has 3 heteroatoms. The molecule has 0 spiro atoms. The molecule has 0 heterocycles. The zero-order valence-electron chi connectivity index (χ0n) is 8.53. The first-order valence-corrected chi connectivity index (χ1v) is 5.25. The van der Waals surface area contributed by atoms with E-state index in [1.165, 1.54) is 0 Å². The van der Waals surface area contributed by atoms with E-state index in [1.807, 2.05) is 25.1 Å². The summed E-state index contributed by atoms with van der Waals surface area (Å²) in [7, 11) is 1.61. The van der Waals surface area contributed by atoms with Gasteiger partial charge in [-0.15, -0.1) is 0 Å². The second-order valence-electron chi connectivity index (χ2n) is 3.27. The van der Waals surface area contributed by atoms with Crippen LogP contribution in [-0.4, -0.2) is 18.0 Å². The molecule has 0 aliphatic carbocycles. The van der Waals surface area contributed by atoms with E-state index in [9.17, 15) is 5.11 Å². The van der Waals surface area contributed by atoms with Crippen molar-refractivity contribution in [1.82, 2.24) is 0 Å². The largest absolute Gasteiger partial charge is 0.496 e. The van der Waals surface area contributed by atoms with Gasteiger partial charge in [-0.05, 0) is 31.2 Å². The Balaban J connectivity index is 2.97. The Labute approximate surface area is 90.3 Å². The predicted molar refractivity (Wildman–Crippen MR) is 61.2 cm³/mol. The van der Waals surface area contributed by atoms with Crippen molar-refractivity contribution >= 4 is 12.6 Å². The molecule has 0 aliphatic rings. The molecule has 0 bridgehead atoms. The molecule has 1 atom stereocenters. The van der Waals surface area contributed by atoms with Crippen LogP contribution in [-0.2, 0) is 0 Å². The van der Waals surface area contributed by atoms with Gasteiger partial charge < -0.3 is 9.84 Å². The maximum absolute atomic E-state index is 9.83. The fourth-order valence-electron chi connectivity index (χ4n) is 1.39. The number of hydrogen-bond acceptors (Lipinski definition) is 3. The van der Waals surface area contributed by atoms with Crippen molar-refractivity contribution < 1.29 is 9.84 Å². The van der Waals surface area contributed by atoms with E-state index in [0.29, 0.717) is 12.2 Å². The Bertz CT molecular complexity index is 299. The van der Waals surface area contributed by atoms with Crippen molar-refractivity contribution in [1.29, 1.82) is 0 Å². The van der Waals surface area contributed by atoms with E-state index in [0.717, 1.165) is 16.9 Å². The SMILES string of the molecule is COc1ccc(C)cc1C(O)CCS. The van der Waals surface area contributed by atoms with Crippen LogP contribution < -0.4 is 4.74 Å². The fourth-order valence-corrected chi connectivity index (χ4v) is 1.64. The van der Waals surface area contributed by atoms with Crippen molar-refractivity contribution in [2.24, 2.45) is 0 Å². The first-order chi connectivity index (χ1) is 6.69. The van der Waals surface area contributed by atoms with Crippen LogP contribution in [0.4, 0.5) is 0 Å². The molecule has 0 amide bonds. The molecule has 1 rings (SSSR count). The number of rotatable bonds is 4. The molecule has 0 radical (unpaired) electrons. The summed E-state index contributed by atoms with van der Waals surface area (Å²) in [6.07, 6.45) is 0.158. The van der Waals surface area contributed by atoms with E-state index in [2.05, 4.69) is 12.6 Å². The Morgan fingerprint density at radius 1 is 1.50 bits per heavy atom. The van der Waals surface area contributed by atoms with Crippen LogP contribution >= 0.6 is 12.6 Å². The molecule has 1 aromatic carbocycles. The van der Waals surface area contributed by atoms with Gasteiger partial charge in [0.2, 0.25) is 0 Å². The standard InChI is InChI=1S/C11H16O2S/c1-8-3-4-11(13-2)9(7-8)10(12)5-6-14/h3-4,7,10,12,14H,5-6H2,1-2H3. The lowest BCUT2D eigenvalue weighted by atomic mass is 10.0. The smallest absolute Gasteiger partial charge is 0.124 e. The number of aliphatic hydroxyl groups is 1. The van der Waals surface area contributed by atoms with Gasteiger partial charge in [0.15, 0.2) is 0 Å². The van der Waals surface area contributed by atoms with Gasteiger partial charge >= 0.3 is 0 Å². The van der Waals surface area contributed by atoms with Gasteiger partial charge in [0.25, 0.3) is 0 Å². The lowest BCUT2D eigenvalue weighted by Crippen LogP contribution is -2.01. The molecule has 1 aromatic rings. The molecule has 0 saturated heterocycles. The maximum atomic E-state index is 9.83. The van der Waals surface area contributed by atoms with Crippen LogP contribution in [0.5, 0.6) is 5.75 Å². The summed E-state index contributed by atoms with van der Waals surface area (Å²) in [5.41, 5.74) is 1.97. The second-order valence-corrected chi connectivity index (χ2v) is 3.72. The molecule has 1 unspecified atom stereocenters. The lowest BCUT2D eigenvalue weighted by molar-refractivity contribution is 0.170. The normalized spacial score (nSPS) is 12.6. The van der Waals surface area contributed by atoms with Gasteiger partial charge in [0, 0.05) is 5.56 Å². The number of methoxy groups -OCH3 is 1. The first-order valence-electron chi connectivity index (χ1n) is 4.62. The number of ether oxygens (including phenoxy) is 1. The molecule has 1 N–H and O–H groups in total. The summed E-state index contributed by atoms with van der Waals surface area (Å²) < 4.78 is 5.18. The van der Waals surface area contributed by atoms with Gasteiger partial charge in [-0.3, -0.25) is 0 Å². The summed E-state index contributed by atoms with van der Waals surface area (Å²) in [6.45, 7) is 2.00. The molecular formula is C11H16O2S. The first kappa shape index (κ1) is 11.4. The summed E-state index contributed by atoms with van der Waals surface area (Å²) >= 11 is 4.10. The van der Waals surface area contributed by atoms with E-state index in [4.69, 9.17) is 4.74 Å². The number of thiol groups is 1. The van der Waals surface area contributed by atoms with Crippen molar-refractivity contribution in [3.05, 3.63) is 29.3 Å². The minimum absolute atomic E-state index is 0.484. The van der Waals surface area contributed by atoms with Crippen LogP contribution in [0.1, 0.15) is 23.7 Å². The Morgan fingerprint density at radius 2 is 2.21 bits per heavy atom. The highest BCUT2D eigenvalue weighted by Gasteiger charge is 2.12. The van der Waals surface area contributed by atoms with Crippen molar-refractivity contribution in [3.8, 4) is 5.75 Å². The van der Waals surface area contributed by atoms with E-state index < -0.39 is 6.10 Å². The minimum atomic E-state index is -0.484. The van der Waals surface area contributed by atoms with Crippen LogP contribution in [0.2, 0.25) is 0 Å². The van der Waals surface area contributed by atoms with E-state index in [1.54, 1.807) is 7.11 Å². The summed E-state index contributed by atoms with van der Waals surface area (Å²) in [4.78, 5) is 0. The lowest BCUT2D eigenvalue weighted by Gasteiger charge is -2.14. The number of aliphatic hydroxyl groups excluding tert-OH is 1. The molecule has 78 valence electrons. The maximum Gasteiger partial charge on any atom is 0.124 e. The molecule has 0 aliphatic heterocycles. The third-order valence-electron chi connectivity index (χ3n) is 2.15. The van der Waals surface area contributed by atoms with Crippen LogP contribution in [0, 0.1) is 6.92 Å². The highest BCUT2D eigenvalue weighted by atomic mass is 32.1. The van der Waals surface area contributed by atoms with Gasteiger partial charge in [0.1, 0.15) is 5.75 Å². The summed E-state index contributed by atoms with van der Waals surface area (Å²) in [5.74, 6) is 1.41. The molecular weight excluding hydrogens is 196 g/mol. The van der Waals surface area contributed by atoms with Gasteiger partial charge in [-0.1, -0.05) is 11.6 Å². The molecule has 14 heavy (non-hydrogen) atoms. The molecule has 0 aromatic heterocycles. The van der Waals surface area contributed by atoms with Gasteiger partial charge in [-0.25, -0.2) is 0 Å². The van der Waals surface area contributed by atoms with Crippen molar-refractivity contribution in [2.45, 2.75) is 19.4 Å². The molecule has 0 saturated carbocycles. The fraction of sp³-hybridized carbons (Fsp3) is 0.455. The van der Waals surface area contributed by atoms with Gasteiger partial charge in [-0.2, -0.15) is 12.6 Å². The quantitative estimate of drug-likeness (QED) is 0.750. The average molecular weight is 212 g/mol. The third-order valence-corrected chi connectivity index (χ3v) is 2.40.